The van der Waals surface area contributed by atoms with E-state index >= 15 is 0 Å². The fraction of sp³-hybridized carbons (Fsp3) is 0.524. The molecular weight excluding hydrogens is 694 g/mol. The van der Waals surface area contributed by atoms with E-state index in [0.29, 0.717) is 0 Å². The van der Waals surface area contributed by atoms with E-state index in [1.165, 1.54) is 96.0 Å². The molecule has 0 amide bonds. The standard InChI is InChI=1S/C42H61IO2P/c1-6-8-22-33-44-42(45-34-23-9-7-2)32-17-15-13-11-10-12-14-16-27-38-28-24-31-41(37(38)5)46(43,39-29-20-18-25-35(39)3)40-30-21-19-26-36(40)4/h10,12,18-21,24-26,28-31,42H,6-9,11,13-17,22-23,27,32-34H2,1-5H3/q+1/b12-10-. The average Bonchev–Trinajstić information content (AvgIpc) is 3.06. The summed E-state index contributed by atoms with van der Waals surface area (Å²) < 4.78 is 12.2. The highest BCUT2D eigenvalue weighted by Crippen LogP contribution is 2.65. The zero-order valence-corrected chi connectivity index (χ0v) is 32.6. The molecule has 0 aliphatic rings. The van der Waals surface area contributed by atoms with Gasteiger partial charge in [0.25, 0.3) is 0 Å². The summed E-state index contributed by atoms with van der Waals surface area (Å²) in [7, 11) is 0. The number of benzene rings is 3. The van der Waals surface area contributed by atoms with Gasteiger partial charge in [0, 0.05) is 13.2 Å². The van der Waals surface area contributed by atoms with Crippen molar-refractivity contribution in [3.63, 3.8) is 0 Å². The van der Waals surface area contributed by atoms with Gasteiger partial charge in [-0.25, -0.2) is 0 Å². The Kier molecular flexibility index (Phi) is 18.8. The van der Waals surface area contributed by atoms with Crippen LogP contribution < -0.4 is 15.9 Å². The maximum Gasteiger partial charge on any atom is 0.173 e. The van der Waals surface area contributed by atoms with Crippen LogP contribution >= 0.6 is 26.9 Å². The molecule has 0 saturated carbocycles. The lowest BCUT2D eigenvalue weighted by Gasteiger charge is -2.25. The van der Waals surface area contributed by atoms with E-state index in [9.17, 15) is 0 Å². The van der Waals surface area contributed by atoms with E-state index < -0.39 is 4.90 Å². The third kappa shape index (κ3) is 12.2. The number of hydrogen-bond acceptors (Lipinski definition) is 2. The van der Waals surface area contributed by atoms with Crippen molar-refractivity contribution in [3.05, 3.63) is 101 Å². The van der Waals surface area contributed by atoms with Crippen molar-refractivity contribution in [2.45, 2.75) is 131 Å². The second-order valence-electron chi connectivity index (χ2n) is 12.8. The highest BCUT2D eigenvalue weighted by atomic mass is 127. The Labute approximate surface area is 296 Å². The molecular formula is C42H61IO2P+. The Morgan fingerprint density at radius 3 is 1.72 bits per heavy atom. The maximum absolute atomic E-state index is 6.09. The first kappa shape index (κ1) is 38.9. The van der Waals surface area contributed by atoms with Crippen LogP contribution in [-0.2, 0) is 15.9 Å². The van der Waals surface area contributed by atoms with E-state index in [4.69, 9.17) is 9.47 Å². The van der Waals surface area contributed by atoms with Crippen LogP contribution in [0.4, 0.5) is 0 Å². The van der Waals surface area contributed by atoms with E-state index in [1.807, 2.05) is 0 Å². The number of aryl methyl sites for hydroxylation is 3. The molecule has 0 aromatic heterocycles. The fourth-order valence-electron chi connectivity index (χ4n) is 6.23. The minimum Gasteiger partial charge on any atom is -0.353 e. The quantitative estimate of drug-likeness (QED) is 0.0315. The van der Waals surface area contributed by atoms with Gasteiger partial charge in [-0.3, -0.25) is 0 Å². The van der Waals surface area contributed by atoms with Gasteiger partial charge < -0.3 is 9.47 Å². The summed E-state index contributed by atoms with van der Waals surface area (Å²) in [5.41, 5.74) is 5.74. The molecule has 252 valence electrons. The highest BCUT2D eigenvalue weighted by Gasteiger charge is 2.46. The number of allylic oxidation sites excluding steroid dienone is 2. The predicted octanol–water partition coefficient (Wildman–Crippen LogP) is 11.8. The van der Waals surface area contributed by atoms with Crippen LogP contribution in [0, 0.1) is 20.8 Å². The molecule has 0 unspecified atom stereocenters. The molecule has 0 saturated heterocycles. The number of rotatable bonds is 23. The van der Waals surface area contributed by atoms with Crippen LogP contribution in [-0.4, -0.2) is 19.5 Å². The van der Waals surface area contributed by atoms with Crippen molar-refractivity contribution < 1.29 is 9.47 Å². The van der Waals surface area contributed by atoms with Gasteiger partial charge in [-0.05, 0) is 119 Å². The molecule has 2 nitrogen and oxygen atoms in total. The molecule has 0 aliphatic heterocycles. The minimum atomic E-state index is -1.81. The lowest BCUT2D eigenvalue weighted by atomic mass is 10.0. The minimum absolute atomic E-state index is 0.0147. The number of ether oxygens (including phenoxy) is 2. The third-order valence-corrected chi connectivity index (χ3v) is 17.2. The van der Waals surface area contributed by atoms with Gasteiger partial charge >= 0.3 is 0 Å². The van der Waals surface area contributed by atoms with Crippen LogP contribution in [0.25, 0.3) is 0 Å². The zero-order valence-electron chi connectivity index (χ0n) is 29.5. The Bertz CT molecular complexity index is 1240. The van der Waals surface area contributed by atoms with Crippen molar-refractivity contribution in [3.8, 4) is 0 Å². The number of hydrogen-bond donors (Lipinski definition) is 0. The summed E-state index contributed by atoms with van der Waals surface area (Å²) >= 11 is 2.84. The van der Waals surface area contributed by atoms with Gasteiger partial charge in [0.05, 0.1) is 0 Å². The molecule has 0 fully saturated rings. The van der Waals surface area contributed by atoms with Crippen LogP contribution in [0.3, 0.4) is 0 Å². The zero-order chi connectivity index (χ0) is 33.0. The fourth-order valence-corrected chi connectivity index (χ4v) is 14.4. The van der Waals surface area contributed by atoms with Crippen LogP contribution in [0.5, 0.6) is 0 Å². The number of unbranched alkanes of at least 4 members (excludes halogenated alkanes) is 8. The Hall–Kier alpha value is -1.52. The molecule has 0 heterocycles. The van der Waals surface area contributed by atoms with Gasteiger partial charge in [0.2, 0.25) is 0 Å². The largest absolute Gasteiger partial charge is 0.353 e. The smallest absolute Gasteiger partial charge is 0.173 e. The van der Waals surface area contributed by atoms with E-state index in [-0.39, 0.29) is 6.29 Å². The Morgan fingerprint density at radius 1 is 0.609 bits per heavy atom. The van der Waals surface area contributed by atoms with Crippen LogP contribution in [0.2, 0.25) is 0 Å². The first-order chi connectivity index (χ1) is 22.4. The average molecular weight is 756 g/mol. The summed E-state index contributed by atoms with van der Waals surface area (Å²) in [4.78, 5) is -1.81. The van der Waals surface area contributed by atoms with Gasteiger partial charge in [-0.1, -0.05) is 107 Å². The summed E-state index contributed by atoms with van der Waals surface area (Å²) in [6.45, 7) is 13.1. The van der Waals surface area contributed by atoms with E-state index in [1.54, 1.807) is 0 Å². The van der Waals surface area contributed by atoms with Gasteiger partial charge in [0.15, 0.2) is 33.2 Å². The maximum atomic E-state index is 6.09. The number of halogens is 1. The first-order valence-corrected chi connectivity index (χ1v) is 22.7. The molecule has 0 radical (unpaired) electrons. The molecule has 0 aliphatic carbocycles. The molecule has 3 rings (SSSR count). The monoisotopic (exact) mass is 755 g/mol. The van der Waals surface area contributed by atoms with Crippen molar-refractivity contribution in [2.75, 3.05) is 13.2 Å². The molecule has 3 aromatic rings. The van der Waals surface area contributed by atoms with Gasteiger partial charge in [0.1, 0.15) is 15.9 Å². The molecule has 0 bridgehead atoms. The Balaban J connectivity index is 1.49. The lowest BCUT2D eigenvalue weighted by molar-refractivity contribution is -0.148. The van der Waals surface area contributed by atoms with Crippen molar-refractivity contribution in [1.29, 1.82) is 0 Å². The lowest BCUT2D eigenvalue weighted by Crippen LogP contribution is -2.31. The van der Waals surface area contributed by atoms with Crippen molar-refractivity contribution in [2.24, 2.45) is 0 Å². The Morgan fingerprint density at radius 2 is 1.15 bits per heavy atom. The topological polar surface area (TPSA) is 18.5 Å². The molecule has 3 aromatic carbocycles. The summed E-state index contributed by atoms with van der Waals surface area (Å²) in [5, 5.41) is 4.50. The molecule has 0 N–H and O–H groups in total. The second kappa shape index (κ2) is 22.2. The molecule has 0 spiro atoms. The summed E-state index contributed by atoms with van der Waals surface area (Å²) in [6.07, 6.45) is 21.3. The van der Waals surface area contributed by atoms with Crippen LogP contribution in [0.15, 0.2) is 78.9 Å². The first-order valence-electron chi connectivity index (χ1n) is 18.1. The van der Waals surface area contributed by atoms with Crippen LogP contribution in [0.1, 0.15) is 120 Å². The van der Waals surface area contributed by atoms with Crippen molar-refractivity contribution in [1.82, 2.24) is 0 Å². The van der Waals surface area contributed by atoms with E-state index in [2.05, 4.69) is 136 Å². The highest BCUT2D eigenvalue weighted by molar-refractivity contribution is 14.2. The summed E-state index contributed by atoms with van der Waals surface area (Å²) in [5.74, 6) is 0. The van der Waals surface area contributed by atoms with Gasteiger partial charge in [-0.15, -0.1) is 0 Å². The van der Waals surface area contributed by atoms with Gasteiger partial charge in [-0.2, -0.15) is 0 Å². The van der Waals surface area contributed by atoms with Crippen molar-refractivity contribution >= 4 is 42.9 Å². The van der Waals surface area contributed by atoms with E-state index in [0.717, 1.165) is 45.3 Å². The SMILES string of the molecule is CCCCCOC(CCCCC/C=C\CCCc1cccc([P+](I)(c2ccccc2C)c2ccccc2C)c1C)OCCCCC. The molecule has 0 atom stereocenters. The molecule has 46 heavy (non-hydrogen) atoms. The predicted molar refractivity (Wildman–Crippen MR) is 213 cm³/mol. The molecule has 4 heteroatoms. The second-order valence-corrected chi connectivity index (χ2v) is 19.8. The third-order valence-electron chi connectivity index (χ3n) is 9.04. The summed E-state index contributed by atoms with van der Waals surface area (Å²) in [6, 6.07) is 25.1. The normalized spacial score (nSPS) is 12.1.